The Morgan fingerprint density at radius 2 is 1.30 bits per heavy atom. The van der Waals surface area contributed by atoms with E-state index in [-0.39, 0.29) is 75.5 Å². The number of primary amides is 2. The fourth-order valence-corrected chi connectivity index (χ4v) is 9.90. The van der Waals surface area contributed by atoms with E-state index in [0.29, 0.717) is 37.1 Å². The van der Waals surface area contributed by atoms with Crippen LogP contribution in [-0.4, -0.2) is 175 Å². The summed E-state index contributed by atoms with van der Waals surface area (Å²) in [4.78, 5) is 153. The van der Waals surface area contributed by atoms with Crippen molar-refractivity contribution in [1.29, 1.82) is 0 Å². The lowest BCUT2D eigenvalue weighted by Gasteiger charge is -2.24. The third-order valence-electron chi connectivity index (χ3n) is 11.0. The number of thioether (sulfide) groups is 1. The van der Waals surface area contributed by atoms with E-state index in [4.69, 9.17) is 28.7 Å². The summed E-state index contributed by atoms with van der Waals surface area (Å²) in [6.07, 6.45) is 3.80. The van der Waals surface area contributed by atoms with Crippen molar-refractivity contribution in [2.45, 2.75) is 107 Å². The Balaban J connectivity index is 2.62. The van der Waals surface area contributed by atoms with Gasteiger partial charge in [-0.2, -0.15) is 11.8 Å². The van der Waals surface area contributed by atoms with E-state index in [1.54, 1.807) is 36.6 Å². The fourth-order valence-electron chi connectivity index (χ4n) is 6.97. The molecular formula is C46H73N15O12S3. The number of carboxylic acids is 1. The molecule has 7 atom stereocenters. The Bertz CT molecular complexity index is 2170. The first-order valence-electron chi connectivity index (χ1n) is 24.4. The molecule has 1 aromatic rings. The van der Waals surface area contributed by atoms with E-state index in [1.165, 1.54) is 28.8 Å². The standard InChI is InChI=1S/C46H73N15O12S3/c1-74-18-15-31-41(69)55-24-38(65)58-32(19-27-9-4-2-5-10-27)45(73)61-34(40(49)68)26-76-75-25-28(22-54-36(63)12-6-3-7-16-47)21-53-29(13-14-35(48)62)43(71)60-33(20-39(66)67)42(70)56-23-37(64)57-30(44(72)59-31)11-8-17-52-46(50)51/h2,4-5,9-10,22,28-34,53H,3,6-8,11-21,23-26,47H2,1H3,(H2,48,62)(H2,49,68)(H,55,69)(H,56,70)(H,57,64)(H,58,65)(H,59,72)(H,60,71)(H,61,73)(H,66,67)(H4,50,51,52)/t28?,29-,30-,31-,32-,33+,34-/m1/s1. The predicted molar refractivity (Wildman–Crippen MR) is 290 cm³/mol. The Hall–Kier alpha value is -6.50. The van der Waals surface area contributed by atoms with Crippen molar-refractivity contribution < 1.29 is 57.8 Å². The zero-order valence-corrected chi connectivity index (χ0v) is 44.8. The number of hydrogen-bond acceptors (Lipinski definition) is 17. The first-order chi connectivity index (χ1) is 36.2. The maximum atomic E-state index is 13.9. The highest BCUT2D eigenvalue weighted by Gasteiger charge is 2.32. The van der Waals surface area contributed by atoms with Crippen molar-refractivity contribution in [3.05, 3.63) is 35.9 Å². The molecule has 1 aliphatic heterocycles. The fraction of sp³-hybridized carbons (Fsp3) is 0.587. The number of benzene rings is 1. The van der Waals surface area contributed by atoms with Gasteiger partial charge in [-0.15, -0.1) is 0 Å². The molecule has 2 rings (SSSR count). The Kier molecular flexibility index (Phi) is 32.2. The quantitative estimate of drug-likeness (QED) is 0.0241. The van der Waals surface area contributed by atoms with Crippen LogP contribution in [0.25, 0.3) is 0 Å². The molecule has 1 aliphatic rings. The number of nitrogens with two attached hydrogens (primary N) is 5. The largest absolute Gasteiger partial charge is 0.481 e. The maximum Gasteiger partial charge on any atom is 0.305 e. The zero-order valence-electron chi connectivity index (χ0n) is 42.4. The zero-order chi connectivity index (χ0) is 56.4. The van der Waals surface area contributed by atoms with E-state index in [0.717, 1.165) is 10.8 Å². The van der Waals surface area contributed by atoms with Gasteiger partial charge in [0.25, 0.3) is 0 Å². The highest BCUT2D eigenvalue weighted by molar-refractivity contribution is 8.76. The van der Waals surface area contributed by atoms with Crippen LogP contribution in [0.1, 0.15) is 69.8 Å². The minimum Gasteiger partial charge on any atom is -0.481 e. The number of carbonyl (C=O) groups is 11. The molecular weight excluding hydrogens is 1050 g/mol. The van der Waals surface area contributed by atoms with E-state index in [2.05, 4.69) is 52.5 Å². The molecule has 76 heavy (non-hydrogen) atoms. The molecule has 0 radical (unpaired) electrons. The molecule has 0 saturated carbocycles. The number of hydrogen-bond donors (Lipinski definition) is 14. The molecule has 27 nitrogen and oxygen atoms in total. The molecule has 0 spiro atoms. The number of aliphatic carboxylic acids is 1. The normalized spacial score (nSPS) is 22.6. The van der Waals surface area contributed by atoms with Gasteiger partial charge in [-0.25, -0.2) is 4.99 Å². The van der Waals surface area contributed by atoms with Crippen molar-refractivity contribution in [2.75, 3.05) is 56.2 Å². The SMILES string of the molecule is CSCC[C@H]1NC(=O)[C@@H](CCCN=C(N)N)NC(=O)CNC(=O)[C@H](CC(=O)O)NC(=O)[C@@H](CCC(N)=O)NCC(C=NC(=O)CCCCCN)CSSC[C@H](C(N)=O)NC(=O)[C@@H](Cc2ccccc2)NC(=O)CNC1=O. The van der Waals surface area contributed by atoms with Gasteiger partial charge in [0.15, 0.2) is 5.96 Å². The summed E-state index contributed by atoms with van der Waals surface area (Å²) in [5.41, 5.74) is 28.3. The second kappa shape index (κ2) is 37.3. The molecule has 1 aromatic carbocycles. The van der Waals surface area contributed by atoms with Gasteiger partial charge in [-0.1, -0.05) is 58.3 Å². The van der Waals surface area contributed by atoms with Crippen molar-refractivity contribution >= 4 is 111 Å². The van der Waals surface area contributed by atoms with Gasteiger partial charge in [0.1, 0.15) is 30.2 Å². The topological polar surface area (TPSA) is 459 Å². The first kappa shape index (κ1) is 65.6. The highest BCUT2D eigenvalue weighted by Crippen LogP contribution is 2.25. The number of guanidine groups is 1. The van der Waals surface area contributed by atoms with Crippen LogP contribution in [0.3, 0.4) is 0 Å². The van der Waals surface area contributed by atoms with Crippen LogP contribution in [0.15, 0.2) is 40.3 Å². The second-order valence-corrected chi connectivity index (χ2v) is 20.9. The summed E-state index contributed by atoms with van der Waals surface area (Å²) < 4.78 is 0. The minimum atomic E-state index is -1.77. The minimum absolute atomic E-state index is 0.0321. The molecule has 0 aliphatic carbocycles. The Morgan fingerprint density at radius 1 is 0.697 bits per heavy atom. The number of unbranched alkanes of at least 4 members (excludes halogenated alkanes) is 2. The maximum absolute atomic E-state index is 13.9. The van der Waals surface area contributed by atoms with E-state index in [9.17, 15) is 57.8 Å². The third-order valence-corrected chi connectivity index (χ3v) is 14.2. The summed E-state index contributed by atoms with van der Waals surface area (Å²) >= 11 is 1.35. The number of amides is 10. The molecule has 30 heteroatoms. The molecule has 10 amide bonds. The average Bonchev–Trinajstić information content (AvgIpc) is 3.37. The van der Waals surface area contributed by atoms with Crippen LogP contribution in [0, 0.1) is 5.92 Å². The van der Waals surface area contributed by atoms with Gasteiger partial charge in [0, 0.05) is 56.0 Å². The average molecular weight is 1120 g/mol. The van der Waals surface area contributed by atoms with Crippen LogP contribution in [0.2, 0.25) is 0 Å². The van der Waals surface area contributed by atoms with Crippen LogP contribution in [0.5, 0.6) is 0 Å². The number of aliphatic imine (C=N–C) groups is 2. The van der Waals surface area contributed by atoms with E-state index >= 15 is 0 Å². The summed E-state index contributed by atoms with van der Waals surface area (Å²) in [6.45, 7) is -1.06. The molecule has 0 bridgehead atoms. The lowest BCUT2D eigenvalue weighted by molar-refractivity contribution is -0.141. The van der Waals surface area contributed by atoms with Gasteiger partial charge in [-0.05, 0) is 62.6 Å². The Morgan fingerprint density at radius 3 is 1.92 bits per heavy atom. The molecule has 1 heterocycles. The summed E-state index contributed by atoms with van der Waals surface area (Å²) in [5.74, 6) is -10.2. The number of nitrogens with zero attached hydrogens (tertiary/aromatic N) is 2. The highest BCUT2D eigenvalue weighted by atomic mass is 33.1. The molecule has 19 N–H and O–H groups in total. The molecule has 1 saturated heterocycles. The number of carbonyl (C=O) groups excluding carboxylic acids is 10. The van der Waals surface area contributed by atoms with Crippen molar-refractivity contribution in [2.24, 2.45) is 44.6 Å². The number of rotatable bonds is 21. The second-order valence-electron chi connectivity index (χ2n) is 17.3. The van der Waals surface area contributed by atoms with Gasteiger partial charge >= 0.3 is 5.97 Å². The van der Waals surface area contributed by atoms with E-state index in [1.807, 2.05) is 0 Å². The van der Waals surface area contributed by atoms with Gasteiger partial charge < -0.3 is 76.3 Å². The van der Waals surface area contributed by atoms with E-state index < -0.39 is 127 Å². The summed E-state index contributed by atoms with van der Waals surface area (Å²) in [6, 6.07) is 0.443. The van der Waals surface area contributed by atoms with Crippen molar-refractivity contribution in [1.82, 2.24) is 42.5 Å². The first-order valence-corrected chi connectivity index (χ1v) is 28.3. The smallest absolute Gasteiger partial charge is 0.305 e. The third kappa shape index (κ3) is 28.4. The predicted octanol–water partition coefficient (Wildman–Crippen LogP) is -4.00. The Labute approximate surface area is 452 Å². The van der Waals surface area contributed by atoms with Gasteiger partial charge in [0.05, 0.1) is 25.6 Å². The summed E-state index contributed by atoms with van der Waals surface area (Å²) in [5, 5.41) is 30.1. The molecule has 1 unspecified atom stereocenters. The van der Waals surface area contributed by atoms with Crippen LogP contribution in [0.4, 0.5) is 0 Å². The molecule has 1 fully saturated rings. The van der Waals surface area contributed by atoms with Crippen molar-refractivity contribution in [3.63, 3.8) is 0 Å². The number of carboxylic acid groups (broad SMARTS) is 1. The van der Waals surface area contributed by atoms with Crippen LogP contribution in [-0.2, 0) is 59.2 Å². The number of nitrogens with one attached hydrogen (secondary N) is 8. The van der Waals surface area contributed by atoms with Gasteiger partial charge in [-0.3, -0.25) is 57.7 Å². The lowest BCUT2D eigenvalue weighted by Crippen LogP contribution is -2.57. The van der Waals surface area contributed by atoms with Crippen LogP contribution >= 0.6 is 33.3 Å². The van der Waals surface area contributed by atoms with Crippen molar-refractivity contribution in [3.8, 4) is 0 Å². The lowest BCUT2D eigenvalue weighted by atomic mass is 10.0. The van der Waals surface area contributed by atoms with Crippen LogP contribution < -0.4 is 71.2 Å². The summed E-state index contributed by atoms with van der Waals surface area (Å²) in [7, 11) is 2.31. The monoisotopic (exact) mass is 1120 g/mol. The molecule has 422 valence electrons. The van der Waals surface area contributed by atoms with Gasteiger partial charge in [0.2, 0.25) is 59.1 Å². The molecule has 0 aromatic heterocycles.